The zero-order valence-corrected chi connectivity index (χ0v) is 17.8. The summed E-state index contributed by atoms with van der Waals surface area (Å²) in [7, 11) is 0. The Bertz CT molecular complexity index is 496. The molecule has 1 aliphatic heterocycles. The van der Waals surface area contributed by atoms with Gasteiger partial charge < -0.3 is 10.6 Å². The fraction of sp³-hybridized carbons (Fsp3) is 0.733. The number of nitrogens with zero attached hydrogens (tertiary/aromatic N) is 2. The average molecular weight is 454 g/mol. The van der Waals surface area contributed by atoms with Crippen molar-refractivity contribution in [3.63, 3.8) is 0 Å². The maximum Gasteiger partial charge on any atom is 0.191 e. The van der Waals surface area contributed by atoms with Crippen LogP contribution in [0.5, 0.6) is 0 Å². The van der Waals surface area contributed by atoms with Crippen LogP contribution in [0.3, 0.4) is 0 Å². The number of guanidine groups is 1. The van der Waals surface area contributed by atoms with Crippen molar-refractivity contribution >= 4 is 53.0 Å². The van der Waals surface area contributed by atoms with Crippen LogP contribution in [0.25, 0.3) is 0 Å². The molecule has 1 atom stereocenters. The largest absolute Gasteiger partial charge is 0.357 e. The predicted octanol–water partition coefficient (Wildman–Crippen LogP) is 3.72. The van der Waals surface area contributed by atoms with E-state index in [1.807, 2.05) is 6.92 Å². The third-order valence-corrected chi connectivity index (χ3v) is 6.25. The molecule has 0 amide bonds. The second kappa shape index (κ2) is 9.32. The fourth-order valence-electron chi connectivity index (χ4n) is 2.46. The van der Waals surface area contributed by atoms with E-state index in [9.17, 15) is 0 Å². The molecule has 0 aromatic carbocycles. The topological polar surface area (TPSA) is 49.3 Å². The molecule has 7 heteroatoms. The zero-order valence-electron chi connectivity index (χ0n) is 13.9. The number of aromatic nitrogens is 1. The summed E-state index contributed by atoms with van der Waals surface area (Å²) >= 11 is 3.81. The second-order valence-electron chi connectivity index (χ2n) is 5.69. The van der Waals surface area contributed by atoms with Gasteiger partial charge in [0, 0.05) is 22.7 Å². The molecule has 0 radical (unpaired) electrons. The first-order chi connectivity index (χ1) is 10.0. The third-order valence-electron chi connectivity index (χ3n) is 3.65. The van der Waals surface area contributed by atoms with E-state index in [1.165, 1.54) is 23.5 Å². The highest BCUT2D eigenvalue weighted by atomic mass is 127. The number of aryl methyl sites for hydroxylation is 2. The maximum absolute atomic E-state index is 4.71. The Hall–Kier alpha value is -0.0200. The maximum atomic E-state index is 4.71. The quantitative estimate of drug-likeness (QED) is 0.405. The molecule has 4 nitrogen and oxygen atoms in total. The van der Waals surface area contributed by atoms with E-state index >= 15 is 0 Å². The van der Waals surface area contributed by atoms with Gasteiger partial charge in [-0.2, -0.15) is 11.8 Å². The SMILES string of the molecule is CCNC(=NCc1sc(C)nc1C)NCC1(C)CCCS1.I. The van der Waals surface area contributed by atoms with Gasteiger partial charge in [-0.1, -0.05) is 0 Å². The van der Waals surface area contributed by atoms with Gasteiger partial charge >= 0.3 is 0 Å². The van der Waals surface area contributed by atoms with E-state index < -0.39 is 0 Å². The summed E-state index contributed by atoms with van der Waals surface area (Å²) in [5, 5.41) is 7.95. The van der Waals surface area contributed by atoms with Crippen molar-refractivity contribution in [1.29, 1.82) is 0 Å². The molecule has 1 unspecified atom stereocenters. The number of halogens is 1. The van der Waals surface area contributed by atoms with Crippen LogP contribution < -0.4 is 10.6 Å². The summed E-state index contributed by atoms with van der Waals surface area (Å²) in [6.07, 6.45) is 2.62. The van der Waals surface area contributed by atoms with Crippen molar-refractivity contribution < 1.29 is 0 Å². The molecular formula is C15H27IN4S2. The van der Waals surface area contributed by atoms with Crippen molar-refractivity contribution in [3.05, 3.63) is 15.6 Å². The molecule has 0 aliphatic carbocycles. The van der Waals surface area contributed by atoms with Gasteiger partial charge in [0.1, 0.15) is 0 Å². The molecule has 1 aromatic rings. The zero-order chi connectivity index (χ0) is 15.3. The Kier molecular flexibility index (Phi) is 8.48. The molecule has 0 saturated carbocycles. The lowest BCUT2D eigenvalue weighted by molar-refractivity contribution is 0.584. The monoisotopic (exact) mass is 454 g/mol. The van der Waals surface area contributed by atoms with E-state index in [-0.39, 0.29) is 24.0 Å². The third kappa shape index (κ3) is 5.88. The summed E-state index contributed by atoms with van der Waals surface area (Å²) in [5.41, 5.74) is 1.11. The number of hydrogen-bond acceptors (Lipinski definition) is 4. The Labute approximate surface area is 159 Å². The number of nitrogens with one attached hydrogen (secondary N) is 2. The highest BCUT2D eigenvalue weighted by Gasteiger charge is 2.29. The van der Waals surface area contributed by atoms with E-state index in [0.29, 0.717) is 11.3 Å². The smallest absolute Gasteiger partial charge is 0.191 e. The Morgan fingerprint density at radius 1 is 1.36 bits per heavy atom. The molecule has 2 heterocycles. The van der Waals surface area contributed by atoms with Crippen molar-refractivity contribution in [2.24, 2.45) is 4.99 Å². The van der Waals surface area contributed by atoms with Crippen LogP contribution in [-0.2, 0) is 6.54 Å². The summed E-state index contributed by atoms with van der Waals surface area (Å²) in [6, 6.07) is 0. The van der Waals surface area contributed by atoms with Gasteiger partial charge in [0.05, 0.1) is 17.2 Å². The minimum atomic E-state index is 0. The Morgan fingerprint density at radius 2 is 2.14 bits per heavy atom. The number of thioether (sulfide) groups is 1. The molecule has 2 N–H and O–H groups in total. The van der Waals surface area contributed by atoms with E-state index in [0.717, 1.165) is 29.8 Å². The Morgan fingerprint density at radius 3 is 2.68 bits per heavy atom. The minimum absolute atomic E-state index is 0. The summed E-state index contributed by atoms with van der Waals surface area (Å²) < 4.78 is 0.354. The summed E-state index contributed by atoms with van der Waals surface area (Å²) in [5.74, 6) is 2.20. The van der Waals surface area contributed by atoms with Crippen molar-refractivity contribution in [2.75, 3.05) is 18.8 Å². The van der Waals surface area contributed by atoms with Crippen LogP contribution >= 0.6 is 47.1 Å². The predicted molar refractivity (Wildman–Crippen MR) is 110 cm³/mol. The van der Waals surface area contributed by atoms with Crippen LogP contribution in [0.4, 0.5) is 0 Å². The molecule has 1 fully saturated rings. The van der Waals surface area contributed by atoms with E-state index in [1.54, 1.807) is 11.3 Å². The Balaban J connectivity index is 0.00000242. The van der Waals surface area contributed by atoms with Gasteiger partial charge in [-0.3, -0.25) is 0 Å². The van der Waals surface area contributed by atoms with Gasteiger partial charge in [-0.25, -0.2) is 9.98 Å². The highest BCUT2D eigenvalue weighted by molar-refractivity contribution is 14.0. The molecule has 126 valence electrons. The number of aliphatic imine (C=N–C) groups is 1. The lowest BCUT2D eigenvalue weighted by Gasteiger charge is -2.24. The summed E-state index contributed by atoms with van der Waals surface area (Å²) in [6.45, 7) is 11.1. The summed E-state index contributed by atoms with van der Waals surface area (Å²) in [4.78, 5) is 10.4. The number of thiazole rings is 1. The lowest BCUT2D eigenvalue weighted by atomic mass is 10.1. The van der Waals surface area contributed by atoms with Crippen LogP contribution in [-0.4, -0.2) is 34.5 Å². The van der Waals surface area contributed by atoms with Gasteiger partial charge in [0.15, 0.2) is 5.96 Å². The first-order valence-electron chi connectivity index (χ1n) is 7.61. The highest BCUT2D eigenvalue weighted by Crippen LogP contribution is 2.36. The first kappa shape index (κ1) is 20.0. The van der Waals surface area contributed by atoms with Gasteiger partial charge in [-0.15, -0.1) is 35.3 Å². The van der Waals surface area contributed by atoms with Crippen molar-refractivity contribution in [2.45, 2.75) is 51.8 Å². The van der Waals surface area contributed by atoms with E-state index in [2.05, 4.69) is 48.2 Å². The molecule has 22 heavy (non-hydrogen) atoms. The second-order valence-corrected chi connectivity index (χ2v) is 8.66. The normalized spacial score (nSPS) is 21.5. The lowest BCUT2D eigenvalue weighted by Crippen LogP contribution is -2.43. The van der Waals surface area contributed by atoms with Crippen LogP contribution in [0.1, 0.15) is 42.3 Å². The van der Waals surface area contributed by atoms with Gasteiger partial charge in [-0.05, 0) is 46.3 Å². The molecule has 0 bridgehead atoms. The molecule has 1 aliphatic rings. The van der Waals surface area contributed by atoms with Crippen molar-refractivity contribution in [3.8, 4) is 0 Å². The standard InChI is InChI=1S/C15H26N4S2.HI/c1-5-16-14(18-10-15(4)7-6-8-20-15)17-9-13-11(2)19-12(3)21-13;/h5-10H2,1-4H3,(H2,16,17,18);1H. The van der Waals surface area contributed by atoms with Crippen molar-refractivity contribution in [1.82, 2.24) is 15.6 Å². The van der Waals surface area contributed by atoms with Crippen LogP contribution in [0.15, 0.2) is 4.99 Å². The number of rotatable bonds is 5. The van der Waals surface area contributed by atoms with E-state index in [4.69, 9.17) is 4.99 Å². The molecule has 0 spiro atoms. The first-order valence-corrected chi connectivity index (χ1v) is 9.42. The molecular weight excluding hydrogens is 427 g/mol. The fourth-order valence-corrected chi connectivity index (χ4v) is 4.57. The molecule has 1 saturated heterocycles. The molecule has 2 rings (SSSR count). The van der Waals surface area contributed by atoms with Crippen LogP contribution in [0, 0.1) is 13.8 Å². The van der Waals surface area contributed by atoms with Crippen LogP contribution in [0.2, 0.25) is 0 Å². The molecule has 1 aromatic heterocycles. The van der Waals surface area contributed by atoms with Gasteiger partial charge in [0.2, 0.25) is 0 Å². The van der Waals surface area contributed by atoms with Gasteiger partial charge in [0.25, 0.3) is 0 Å². The average Bonchev–Trinajstić information content (AvgIpc) is 3.00. The minimum Gasteiger partial charge on any atom is -0.357 e. The number of hydrogen-bond donors (Lipinski definition) is 2.